The van der Waals surface area contributed by atoms with Crippen LogP contribution >= 0.6 is 15.9 Å². The van der Waals surface area contributed by atoms with Crippen LogP contribution in [0.5, 0.6) is 0 Å². The topological polar surface area (TPSA) is 76.0 Å². The fourth-order valence-electron chi connectivity index (χ4n) is 2.73. The average molecular weight is 355 g/mol. The van der Waals surface area contributed by atoms with Crippen LogP contribution in [0.1, 0.15) is 32.1 Å². The highest BCUT2D eigenvalue weighted by atomic mass is 79.9. The molecule has 0 aromatic carbocycles. The zero-order valence-corrected chi connectivity index (χ0v) is 13.4. The van der Waals surface area contributed by atoms with Crippen LogP contribution in [-0.2, 0) is 11.3 Å². The second-order valence-electron chi connectivity index (χ2n) is 5.84. The summed E-state index contributed by atoms with van der Waals surface area (Å²) in [5, 5.41) is 10.2. The second kappa shape index (κ2) is 6.17. The largest absolute Gasteiger partial charge is 0.378 e. The van der Waals surface area contributed by atoms with Gasteiger partial charge in [-0.05, 0) is 41.1 Å². The standard InChI is InChI=1S/C14H19BrN4O2/c15-11-7-17-19(8-9-2-1-3-9)14(21)13(11)16-6-10-4-5-12(20)18-10/h7,9-10,16H,1-6,8H2,(H,18,20). The predicted molar refractivity (Wildman–Crippen MR) is 83.2 cm³/mol. The predicted octanol–water partition coefficient (Wildman–Crippen LogP) is 1.50. The molecular formula is C14H19BrN4O2. The lowest BCUT2D eigenvalue weighted by molar-refractivity contribution is -0.119. The molecule has 1 aromatic heterocycles. The van der Waals surface area contributed by atoms with E-state index in [0.717, 1.165) is 6.42 Å². The number of rotatable bonds is 5. The van der Waals surface area contributed by atoms with E-state index in [1.807, 2.05) is 0 Å². The number of nitrogens with zero attached hydrogens (tertiary/aromatic N) is 2. The van der Waals surface area contributed by atoms with Crippen molar-refractivity contribution in [1.82, 2.24) is 15.1 Å². The third kappa shape index (κ3) is 3.28. The molecule has 0 spiro atoms. The quantitative estimate of drug-likeness (QED) is 0.839. The van der Waals surface area contributed by atoms with Gasteiger partial charge in [0.15, 0.2) is 0 Å². The van der Waals surface area contributed by atoms with Crippen LogP contribution in [-0.4, -0.2) is 28.3 Å². The van der Waals surface area contributed by atoms with Crippen molar-refractivity contribution >= 4 is 27.5 Å². The number of hydrogen-bond donors (Lipinski definition) is 2. The smallest absolute Gasteiger partial charge is 0.291 e. The number of halogens is 1. The molecule has 7 heteroatoms. The minimum absolute atomic E-state index is 0.0815. The maximum Gasteiger partial charge on any atom is 0.291 e. The van der Waals surface area contributed by atoms with Gasteiger partial charge in [0.1, 0.15) is 5.69 Å². The first-order valence-corrected chi connectivity index (χ1v) is 8.21. The zero-order valence-electron chi connectivity index (χ0n) is 11.8. The Hall–Kier alpha value is -1.37. The van der Waals surface area contributed by atoms with Crippen molar-refractivity contribution in [2.45, 2.75) is 44.7 Å². The maximum absolute atomic E-state index is 12.5. The molecule has 1 aromatic rings. The number of anilines is 1. The fraction of sp³-hybridized carbons (Fsp3) is 0.643. The van der Waals surface area contributed by atoms with Crippen LogP contribution in [0, 0.1) is 5.92 Å². The molecule has 6 nitrogen and oxygen atoms in total. The van der Waals surface area contributed by atoms with Gasteiger partial charge >= 0.3 is 0 Å². The molecule has 1 atom stereocenters. The molecule has 1 aliphatic carbocycles. The summed E-state index contributed by atoms with van der Waals surface area (Å²) in [4.78, 5) is 23.6. The normalized spacial score (nSPS) is 22.0. The lowest BCUT2D eigenvalue weighted by Crippen LogP contribution is -2.35. The minimum Gasteiger partial charge on any atom is -0.378 e. The van der Waals surface area contributed by atoms with Gasteiger partial charge in [0.2, 0.25) is 5.91 Å². The molecule has 2 N–H and O–H groups in total. The summed E-state index contributed by atoms with van der Waals surface area (Å²) >= 11 is 3.37. The van der Waals surface area contributed by atoms with Crippen molar-refractivity contribution in [3.8, 4) is 0 Å². The van der Waals surface area contributed by atoms with Gasteiger partial charge in [-0.2, -0.15) is 5.10 Å². The molecule has 1 saturated heterocycles. The van der Waals surface area contributed by atoms with Crippen LogP contribution in [0.3, 0.4) is 0 Å². The lowest BCUT2D eigenvalue weighted by atomic mass is 9.85. The molecule has 2 aliphatic rings. The van der Waals surface area contributed by atoms with Crippen LogP contribution in [0.2, 0.25) is 0 Å². The lowest BCUT2D eigenvalue weighted by Gasteiger charge is -2.25. The van der Waals surface area contributed by atoms with Gasteiger partial charge in [-0.25, -0.2) is 4.68 Å². The molecule has 2 fully saturated rings. The summed E-state index contributed by atoms with van der Waals surface area (Å²) in [6, 6.07) is 0.0945. The van der Waals surface area contributed by atoms with Gasteiger partial charge in [0, 0.05) is 25.6 Å². The molecular weight excluding hydrogens is 336 g/mol. The third-order valence-corrected chi connectivity index (χ3v) is 4.86. The van der Waals surface area contributed by atoms with Gasteiger partial charge in [0.25, 0.3) is 5.56 Å². The van der Waals surface area contributed by atoms with Gasteiger partial charge in [0.05, 0.1) is 10.7 Å². The second-order valence-corrected chi connectivity index (χ2v) is 6.69. The van der Waals surface area contributed by atoms with Crippen LogP contribution in [0.4, 0.5) is 5.69 Å². The van der Waals surface area contributed by atoms with Crippen molar-refractivity contribution < 1.29 is 4.79 Å². The van der Waals surface area contributed by atoms with Crippen molar-refractivity contribution in [3.05, 3.63) is 21.0 Å². The van der Waals surface area contributed by atoms with E-state index < -0.39 is 0 Å². The SMILES string of the molecule is O=C1CCC(CNc2c(Br)cnn(CC3CCC3)c2=O)N1. The molecule has 2 heterocycles. The highest BCUT2D eigenvalue weighted by molar-refractivity contribution is 9.10. The van der Waals surface area contributed by atoms with E-state index in [0.29, 0.717) is 35.6 Å². The molecule has 114 valence electrons. The Morgan fingerprint density at radius 2 is 2.19 bits per heavy atom. The first-order valence-electron chi connectivity index (χ1n) is 7.42. The molecule has 1 unspecified atom stereocenters. The maximum atomic E-state index is 12.5. The fourth-order valence-corrected chi connectivity index (χ4v) is 3.14. The van der Waals surface area contributed by atoms with Crippen molar-refractivity contribution in [3.63, 3.8) is 0 Å². The van der Waals surface area contributed by atoms with E-state index >= 15 is 0 Å². The first kappa shape index (κ1) is 14.6. The average Bonchev–Trinajstić information content (AvgIpc) is 2.81. The van der Waals surface area contributed by atoms with Gasteiger partial charge in [-0.15, -0.1) is 0 Å². The summed E-state index contributed by atoms with van der Waals surface area (Å²) in [5.41, 5.74) is 0.436. The highest BCUT2D eigenvalue weighted by Crippen LogP contribution is 2.27. The van der Waals surface area contributed by atoms with Crippen molar-refractivity contribution in [2.75, 3.05) is 11.9 Å². The number of hydrogen-bond acceptors (Lipinski definition) is 4. The summed E-state index contributed by atoms with van der Waals surface area (Å²) in [5.74, 6) is 0.663. The van der Waals surface area contributed by atoms with E-state index in [9.17, 15) is 9.59 Å². The Kier molecular flexibility index (Phi) is 4.28. The zero-order chi connectivity index (χ0) is 14.8. The Labute approximate surface area is 131 Å². The molecule has 1 saturated carbocycles. The Bertz CT molecular complexity index is 597. The van der Waals surface area contributed by atoms with Gasteiger partial charge in [-0.3, -0.25) is 9.59 Å². The highest BCUT2D eigenvalue weighted by Gasteiger charge is 2.22. The molecule has 0 radical (unpaired) electrons. The molecule has 1 amide bonds. The molecule has 1 aliphatic heterocycles. The van der Waals surface area contributed by atoms with Crippen molar-refractivity contribution in [1.29, 1.82) is 0 Å². The van der Waals surface area contributed by atoms with Gasteiger partial charge in [-0.1, -0.05) is 6.42 Å². The Balaban J connectivity index is 1.69. The summed E-state index contributed by atoms with van der Waals surface area (Å²) in [6.07, 6.45) is 6.65. The number of carbonyl (C=O) groups excluding carboxylic acids is 1. The van der Waals surface area contributed by atoms with Crippen molar-refractivity contribution in [2.24, 2.45) is 5.92 Å². The number of aromatic nitrogens is 2. The van der Waals surface area contributed by atoms with Gasteiger partial charge < -0.3 is 10.6 Å². The van der Waals surface area contributed by atoms with E-state index in [1.165, 1.54) is 19.3 Å². The van der Waals surface area contributed by atoms with E-state index in [1.54, 1.807) is 10.9 Å². The minimum atomic E-state index is -0.0967. The van der Waals surface area contributed by atoms with E-state index in [4.69, 9.17) is 0 Å². The van der Waals surface area contributed by atoms with Crippen LogP contribution < -0.4 is 16.2 Å². The summed E-state index contributed by atoms with van der Waals surface area (Å²) in [7, 11) is 0. The molecule has 21 heavy (non-hydrogen) atoms. The van der Waals surface area contributed by atoms with E-state index in [2.05, 4.69) is 31.7 Å². The number of carbonyl (C=O) groups is 1. The van der Waals surface area contributed by atoms with E-state index in [-0.39, 0.29) is 17.5 Å². The monoisotopic (exact) mass is 354 g/mol. The van der Waals surface area contributed by atoms with Crippen LogP contribution in [0.25, 0.3) is 0 Å². The number of nitrogens with one attached hydrogen (secondary N) is 2. The molecule has 3 rings (SSSR count). The summed E-state index contributed by atoms with van der Waals surface area (Å²) < 4.78 is 2.21. The Morgan fingerprint density at radius 3 is 2.81 bits per heavy atom. The number of amides is 1. The van der Waals surface area contributed by atoms with Crippen LogP contribution in [0.15, 0.2) is 15.5 Å². The molecule has 0 bridgehead atoms. The Morgan fingerprint density at radius 1 is 1.38 bits per heavy atom. The third-order valence-electron chi connectivity index (χ3n) is 4.26. The summed E-state index contributed by atoms with van der Waals surface area (Å²) in [6.45, 7) is 1.26. The first-order chi connectivity index (χ1) is 10.1.